The first-order chi connectivity index (χ1) is 7.98. The van der Waals surface area contributed by atoms with Gasteiger partial charge in [0, 0.05) is 24.5 Å². The van der Waals surface area contributed by atoms with Gasteiger partial charge in [0.2, 0.25) is 5.91 Å². The first-order valence-corrected chi connectivity index (χ1v) is 7.01. The van der Waals surface area contributed by atoms with Crippen LogP contribution >= 0.6 is 12.4 Å². The van der Waals surface area contributed by atoms with Crippen LogP contribution in [0.2, 0.25) is 0 Å². The topological polar surface area (TPSA) is 32.3 Å². The van der Waals surface area contributed by atoms with Crippen LogP contribution in [-0.4, -0.2) is 36.5 Å². The Hall–Kier alpha value is -0.280. The highest BCUT2D eigenvalue weighted by Gasteiger charge is 2.33. The minimum Gasteiger partial charge on any atom is -0.342 e. The number of carbonyl (C=O) groups is 1. The number of halogens is 1. The Kier molecular flexibility index (Phi) is 5.47. The molecule has 0 aliphatic carbocycles. The van der Waals surface area contributed by atoms with Crippen molar-refractivity contribution < 1.29 is 4.79 Å². The molecule has 0 bridgehead atoms. The van der Waals surface area contributed by atoms with Gasteiger partial charge in [-0.2, -0.15) is 0 Å². The van der Waals surface area contributed by atoms with Crippen LogP contribution in [0.25, 0.3) is 0 Å². The number of nitrogens with one attached hydrogen (secondary N) is 1. The van der Waals surface area contributed by atoms with Crippen LogP contribution in [-0.2, 0) is 4.79 Å². The summed E-state index contributed by atoms with van der Waals surface area (Å²) in [5, 5.41) is 3.60. The van der Waals surface area contributed by atoms with Gasteiger partial charge in [0.05, 0.1) is 0 Å². The van der Waals surface area contributed by atoms with Crippen molar-refractivity contribution in [3.63, 3.8) is 0 Å². The molecule has 0 saturated carbocycles. The maximum absolute atomic E-state index is 12.2. The fourth-order valence-electron chi connectivity index (χ4n) is 3.09. The second kappa shape index (κ2) is 6.25. The van der Waals surface area contributed by atoms with Crippen molar-refractivity contribution in [2.75, 3.05) is 19.6 Å². The van der Waals surface area contributed by atoms with Crippen LogP contribution in [0.4, 0.5) is 0 Å². The number of rotatable bonds is 1. The molecule has 2 aliphatic rings. The van der Waals surface area contributed by atoms with Gasteiger partial charge in [0.25, 0.3) is 0 Å². The van der Waals surface area contributed by atoms with Crippen LogP contribution in [0.15, 0.2) is 0 Å². The Morgan fingerprint density at radius 1 is 1.17 bits per heavy atom. The third-order valence-electron chi connectivity index (χ3n) is 4.14. The molecule has 2 aliphatic heterocycles. The largest absolute Gasteiger partial charge is 0.342 e. The Balaban J connectivity index is 0.00000162. The van der Waals surface area contributed by atoms with Gasteiger partial charge in [-0.25, -0.2) is 0 Å². The SMILES string of the molecule is CC(C)(C)C(=O)N1CCC(C2CCCN2)CC1.Cl. The van der Waals surface area contributed by atoms with E-state index in [1.807, 2.05) is 20.8 Å². The Bertz CT molecular complexity index is 274. The number of hydrogen-bond donors (Lipinski definition) is 1. The van der Waals surface area contributed by atoms with Crippen molar-refractivity contribution in [3.05, 3.63) is 0 Å². The Morgan fingerprint density at radius 2 is 1.78 bits per heavy atom. The molecule has 2 rings (SSSR count). The molecule has 18 heavy (non-hydrogen) atoms. The smallest absolute Gasteiger partial charge is 0.227 e. The van der Waals surface area contributed by atoms with Crippen molar-refractivity contribution in [2.45, 2.75) is 52.5 Å². The summed E-state index contributed by atoms with van der Waals surface area (Å²) < 4.78 is 0. The fraction of sp³-hybridized carbons (Fsp3) is 0.929. The lowest BCUT2D eigenvalue weighted by Gasteiger charge is -2.37. The third kappa shape index (κ3) is 3.61. The summed E-state index contributed by atoms with van der Waals surface area (Å²) in [4.78, 5) is 14.2. The molecule has 0 spiro atoms. The van der Waals surface area contributed by atoms with E-state index in [4.69, 9.17) is 0 Å². The first-order valence-electron chi connectivity index (χ1n) is 7.01. The lowest BCUT2D eigenvalue weighted by atomic mass is 9.87. The van der Waals surface area contributed by atoms with E-state index in [1.165, 1.54) is 32.2 Å². The van der Waals surface area contributed by atoms with Crippen molar-refractivity contribution in [1.29, 1.82) is 0 Å². The molecule has 0 aromatic heterocycles. The van der Waals surface area contributed by atoms with Gasteiger partial charge < -0.3 is 10.2 Å². The van der Waals surface area contributed by atoms with Gasteiger partial charge in [-0.05, 0) is 38.1 Å². The summed E-state index contributed by atoms with van der Waals surface area (Å²) in [7, 11) is 0. The molecular weight excluding hydrogens is 248 g/mol. The van der Waals surface area contributed by atoms with E-state index in [0.717, 1.165) is 25.0 Å². The van der Waals surface area contributed by atoms with Gasteiger partial charge in [0.1, 0.15) is 0 Å². The van der Waals surface area contributed by atoms with Crippen molar-refractivity contribution >= 4 is 18.3 Å². The zero-order valence-electron chi connectivity index (χ0n) is 11.9. The lowest BCUT2D eigenvalue weighted by Crippen LogP contribution is -2.46. The van der Waals surface area contributed by atoms with Gasteiger partial charge in [-0.3, -0.25) is 4.79 Å². The molecule has 1 atom stereocenters. The van der Waals surface area contributed by atoms with Gasteiger partial charge in [-0.1, -0.05) is 20.8 Å². The average Bonchev–Trinajstić information content (AvgIpc) is 2.80. The third-order valence-corrected chi connectivity index (χ3v) is 4.14. The summed E-state index contributed by atoms with van der Waals surface area (Å²) in [6.07, 6.45) is 5.02. The maximum atomic E-state index is 12.2. The molecule has 0 radical (unpaired) electrons. The molecule has 2 heterocycles. The summed E-state index contributed by atoms with van der Waals surface area (Å²) in [5.41, 5.74) is -0.224. The van der Waals surface area contributed by atoms with E-state index in [2.05, 4.69) is 10.2 Å². The van der Waals surface area contributed by atoms with E-state index in [-0.39, 0.29) is 17.8 Å². The fourth-order valence-corrected chi connectivity index (χ4v) is 3.09. The number of likely N-dealkylation sites (tertiary alicyclic amines) is 1. The number of hydrogen-bond acceptors (Lipinski definition) is 2. The maximum Gasteiger partial charge on any atom is 0.227 e. The molecule has 1 N–H and O–H groups in total. The minimum atomic E-state index is -0.224. The first kappa shape index (κ1) is 15.8. The van der Waals surface area contributed by atoms with Gasteiger partial charge in [0.15, 0.2) is 0 Å². The normalized spacial score (nSPS) is 25.9. The predicted molar refractivity (Wildman–Crippen MR) is 77.0 cm³/mol. The molecule has 2 fully saturated rings. The molecule has 1 unspecified atom stereocenters. The number of nitrogens with zero attached hydrogens (tertiary/aromatic N) is 1. The molecule has 2 saturated heterocycles. The number of piperidine rings is 1. The summed E-state index contributed by atoms with van der Waals surface area (Å²) in [5.74, 6) is 1.11. The van der Waals surface area contributed by atoms with Gasteiger partial charge in [-0.15, -0.1) is 12.4 Å². The van der Waals surface area contributed by atoms with E-state index in [9.17, 15) is 4.79 Å². The molecule has 1 amide bonds. The lowest BCUT2D eigenvalue weighted by molar-refractivity contribution is -0.141. The zero-order chi connectivity index (χ0) is 12.5. The summed E-state index contributed by atoms with van der Waals surface area (Å²) >= 11 is 0. The molecule has 4 heteroatoms. The number of carbonyl (C=O) groups excluding carboxylic acids is 1. The highest BCUT2D eigenvalue weighted by Crippen LogP contribution is 2.28. The average molecular weight is 275 g/mol. The van der Waals surface area contributed by atoms with E-state index < -0.39 is 0 Å². The van der Waals surface area contributed by atoms with Crippen molar-refractivity contribution in [3.8, 4) is 0 Å². The minimum absolute atomic E-state index is 0. The summed E-state index contributed by atoms with van der Waals surface area (Å²) in [6, 6.07) is 0.724. The van der Waals surface area contributed by atoms with Crippen LogP contribution in [0, 0.1) is 11.3 Å². The number of amides is 1. The highest BCUT2D eigenvalue weighted by molar-refractivity contribution is 5.85. The highest BCUT2D eigenvalue weighted by atomic mass is 35.5. The Labute approximate surface area is 117 Å². The van der Waals surface area contributed by atoms with E-state index in [0.29, 0.717) is 5.91 Å². The van der Waals surface area contributed by atoms with Crippen LogP contribution in [0.5, 0.6) is 0 Å². The Morgan fingerprint density at radius 3 is 2.22 bits per heavy atom. The quantitative estimate of drug-likeness (QED) is 0.797. The van der Waals surface area contributed by atoms with Crippen LogP contribution in [0.1, 0.15) is 46.5 Å². The molecule has 0 aromatic rings. The van der Waals surface area contributed by atoms with Crippen LogP contribution < -0.4 is 5.32 Å². The second-order valence-electron chi connectivity index (χ2n) is 6.58. The van der Waals surface area contributed by atoms with E-state index in [1.54, 1.807) is 0 Å². The van der Waals surface area contributed by atoms with Gasteiger partial charge >= 0.3 is 0 Å². The van der Waals surface area contributed by atoms with E-state index >= 15 is 0 Å². The van der Waals surface area contributed by atoms with Crippen molar-refractivity contribution in [1.82, 2.24) is 10.2 Å². The molecular formula is C14H27ClN2O. The zero-order valence-corrected chi connectivity index (χ0v) is 12.7. The predicted octanol–water partition coefficient (Wildman–Crippen LogP) is 2.44. The molecule has 3 nitrogen and oxygen atoms in total. The van der Waals surface area contributed by atoms with Crippen molar-refractivity contribution in [2.24, 2.45) is 11.3 Å². The molecule has 106 valence electrons. The molecule has 0 aromatic carbocycles. The summed E-state index contributed by atoms with van der Waals surface area (Å²) in [6.45, 7) is 9.14. The standard InChI is InChI=1S/C14H26N2O.ClH/c1-14(2,3)13(17)16-9-6-11(7-10-16)12-5-4-8-15-12;/h11-12,15H,4-10H2,1-3H3;1H. The second-order valence-corrected chi connectivity index (χ2v) is 6.58. The monoisotopic (exact) mass is 274 g/mol. The van der Waals surface area contributed by atoms with Crippen LogP contribution in [0.3, 0.4) is 0 Å².